The van der Waals surface area contributed by atoms with E-state index in [0.29, 0.717) is 22.4 Å². The van der Waals surface area contributed by atoms with Crippen molar-refractivity contribution in [3.05, 3.63) is 28.9 Å². The van der Waals surface area contributed by atoms with Crippen molar-refractivity contribution in [2.75, 3.05) is 10.7 Å². The standard InChI is InChI=1S/C12H16N6OS/c1-7(2)5-10-17-18-12(20-10)15-11(19)8-3-4-14-9(6-8)16-13/h3-4,6-7H,5,13H2,1-2H3,(H,14,16)(H,15,18,19). The lowest BCUT2D eigenvalue weighted by Crippen LogP contribution is -2.14. The lowest BCUT2D eigenvalue weighted by molar-refractivity contribution is 0.102. The van der Waals surface area contributed by atoms with E-state index in [0.717, 1.165) is 11.4 Å². The quantitative estimate of drug-likeness (QED) is 0.572. The highest BCUT2D eigenvalue weighted by Gasteiger charge is 2.11. The first kappa shape index (κ1) is 14.4. The molecule has 0 spiro atoms. The molecule has 20 heavy (non-hydrogen) atoms. The predicted molar refractivity (Wildman–Crippen MR) is 78.5 cm³/mol. The zero-order valence-corrected chi connectivity index (χ0v) is 12.1. The fraction of sp³-hybridized carbons (Fsp3) is 0.333. The molecule has 1 amide bonds. The van der Waals surface area contributed by atoms with Crippen molar-refractivity contribution in [3.63, 3.8) is 0 Å². The molecule has 0 aliphatic heterocycles. The lowest BCUT2D eigenvalue weighted by atomic mass is 10.1. The molecular weight excluding hydrogens is 276 g/mol. The molecule has 0 saturated heterocycles. The van der Waals surface area contributed by atoms with Crippen molar-refractivity contribution in [2.24, 2.45) is 11.8 Å². The molecule has 0 saturated carbocycles. The second kappa shape index (κ2) is 6.40. The Morgan fingerprint density at radius 1 is 1.45 bits per heavy atom. The fourth-order valence-electron chi connectivity index (χ4n) is 1.56. The van der Waals surface area contributed by atoms with Crippen LogP contribution in [0.1, 0.15) is 29.2 Å². The van der Waals surface area contributed by atoms with Gasteiger partial charge in [-0.1, -0.05) is 25.2 Å². The average Bonchev–Trinajstić information content (AvgIpc) is 2.85. The van der Waals surface area contributed by atoms with E-state index < -0.39 is 0 Å². The zero-order chi connectivity index (χ0) is 14.5. The van der Waals surface area contributed by atoms with Gasteiger partial charge < -0.3 is 5.43 Å². The summed E-state index contributed by atoms with van der Waals surface area (Å²) in [7, 11) is 0. The smallest absolute Gasteiger partial charge is 0.257 e. The van der Waals surface area contributed by atoms with Crippen molar-refractivity contribution in [2.45, 2.75) is 20.3 Å². The van der Waals surface area contributed by atoms with E-state index in [4.69, 9.17) is 5.84 Å². The van der Waals surface area contributed by atoms with E-state index in [2.05, 4.69) is 39.8 Å². The van der Waals surface area contributed by atoms with Gasteiger partial charge in [0.2, 0.25) is 5.13 Å². The Labute approximate surface area is 120 Å². The summed E-state index contributed by atoms with van der Waals surface area (Å²) in [6.07, 6.45) is 2.36. The molecule has 2 heterocycles. The summed E-state index contributed by atoms with van der Waals surface area (Å²) in [4.78, 5) is 16.0. The number of hydrogen-bond acceptors (Lipinski definition) is 7. The van der Waals surface area contributed by atoms with Crippen molar-refractivity contribution in [3.8, 4) is 0 Å². The Kier molecular flexibility index (Phi) is 4.59. The van der Waals surface area contributed by atoms with Gasteiger partial charge in [0.25, 0.3) is 5.91 Å². The lowest BCUT2D eigenvalue weighted by Gasteiger charge is -2.03. The van der Waals surface area contributed by atoms with Gasteiger partial charge in [-0.05, 0) is 18.1 Å². The summed E-state index contributed by atoms with van der Waals surface area (Å²) in [5.74, 6) is 5.92. The van der Waals surface area contributed by atoms with Crippen LogP contribution in [0.2, 0.25) is 0 Å². The zero-order valence-electron chi connectivity index (χ0n) is 11.3. The van der Waals surface area contributed by atoms with E-state index in [-0.39, 0.29) is 5.91 Å². The molecule has 2 rings (SSSR count). The molecule has 8 heteroatoms. The summed E-state index contributed by atoms with van der Waals surface area (Å²) >= 11 is 1.38. The van der Waals surface area contributed by atoms with Crippen LogP contribution in [0.4, 0.5) is 10.9 Å². The van der Waals surface area contributed by atoms with Crippen molar-refractivity contribution in [1.29, 1.82) is 0 Å². The van der Waals surface area contributed by atoms with Crippen LogP contribution in [-0.4, -0.2) is 21.1 Å². The van der Waals surface area contributed by atoms with Crippen LogP contribution >= 0.6 is 11.3 Å². The first-order valence-electron chi connectivity index (χ1n) is 6.15. The van der Waals surface area contributed by atoms with Crippen LogP contribution in [-0.2, 0) is 6.42 Å². The Morgan fingerprint density at radius 3 is 2.95 bits per heavy atom. The van der Waals surface area contributed by atoms with Crippen molar-refractivity contribution >= 4 is 28.2 Å². The number of nitrogens with two attached hydrogens (primary N) is 1. The number of pyridine rings is 1. The molecule has 7 nitrogen and oxygen atoms in total. The molecular formula is C12H16N6OS. The normalized spacial score (nSPS) is 10.6. The van der Waals surface area contributed by atoms with Gasteiger partial charge >= 0.3 is 0 Å². The summed E-state index contributed by atoms with van der Waals surface area (Å²) in [5, 5.41) is 12.1. The molecule has 0 unspecified atom stereocenters. The number of nitrogens with zero attached hydrogens (tertiary/aromatic N) is 3. The SMILES string of the molecule is CC(C)Cc1nnc(NC(=O)c2ccnc(NN)c2)s1. The second-order valence-corrected chi connectivity index (χ2v) is 5.69. The molecule has 2 aromatic heterocycles. The van der Waals surface area contributed by atoms with Crippen molar-refractivity contribution < 1.29 is 4.79 Å². The van der Waals surface area contributed by atoms with Gasteiger partial charge in [-0.15, -0.1) is 10.2 Å². The van der Waals surface area contributed by atoms with Crippen LogP contribution in [0.5, 0.6) is 0 Å². The van der Waals surface area contributed by atoms with Gasteiger partial charge in [-0.25, -0.2) is 10.8 Å². The molecule has 0 aliphatic rings. The third-order valence-electron chi connectivity index (χ3n) is 2.44. The minimum Gasteiger partial charge on any atom is -0.308 e. The van der Waals surface area contributed by atoms with Crippen LogP contribution in [0, 0.1) is 5.92 Å². The highest BCUT2D eigenvalue weighted by atomic mass is 32.1. The summed E-state index contributed by atoms with van der Waals surface area (Å²) < 4.78 is 0. The van der Waals surface area contributed by atoms with Gasteiger partial charge in [0.15, 0.2) is 0 Å². The van der Waals surface area contributed by atoms with E-state index >= 15 is 0 Å². The van der Waals surface area contributed by atoms with Gasteiger partial charge in [-0.3, -0.25) is 10.1 Å². The van der Waals surface area contributed by atoms with Gasteiger partial charge in [0.1, 0.15) is 10.8 Å². The predicted octanol–water partition coefficient (Wildman–Crippen LogP) is 1.67. The monoisotopic (exact) mass is 292 g/mol. The Morgan fingerprint density at radius 2 is 2.25 bits per heavy atom. The molecule has 0 fully saturated rings. The Balaban J connectivity index is 2.05. The summed E-state index contributed by atoms with van der Waals surface area (Å²) in [6, 6.07) is 3.16. The van der Waals surface area contributed by atoms with Crippen LogP contribution in [0.15, 0.2) is 18.3 Å². The second-order valence-electron chi connectivity index (χ2n) is 4.63. The van der Waals surface area contributed by atoms with Crippen molar-refractivity contribution in [1.82, 2.24) is 15.2 Å². The van der Waals surface area contributed by atoms with E-state index in [9.17, 15) is 4.79 Å². The largest absolute Gasteiger partial charge is 0.308 e. The number of aromatic nitrogens is 3. The van der Waals surface area contributed by atoms with Gasteiger partial charge in [0.05, 0.1) is 0 Å². The highest BCUT2D eigenvalue weighted by Crippen LogP contribution is 2.19. The minimum absolute atomic E-state index is 0.267. The number of hydrazine groups is 1. The van der Waals surface area contributed by atoms with Crippen LogP contribution < -0.4 is 16.6 Å². The average molecular weight is 292 g/mol. The molecule has 106 valence electrons. The number of hydrogen-bond donors (Lipinski definition) is 3. The maximum Gasteiger partial charge on any atom is 0.257 e. The number of nitrogens with one attached hydrogen (secondary N) is 2. The van der Waals surface area contributed by atoms with Crippen LogP contribution in [0.3, 0.4) is 0 Å². The number of nitrogen functional groups attached to an aromatic ring is 1. The first-order chi connectivity index (χ1) is 9.58. The highest BCUT2D eigenvalue weighted by molar-refractivity contribution is 7.15. The first-order valence-corrected chi connectivity index (χ1v) is 6.96. The number of carbonyl (C=O) groups is 1. The van der Waals surface area contributed by atoms with Gasteiger partial charge in [0, 0.05) is 18.2 Å². The molecule has 0 aromatic carbocycles. The van der Waals surface area contributed by atoms with E-state index in [1.54, 1.807) is 12.1 Å². The number of rotatable bonds is 5. The van der Waals surface area contributed by atoms with E-state index in [1.807, 2.05) is 0 Å². The number of carbonyl (C=O) groups excluding carboxylic acids is 1. The number of anilines is 2. The van der Waals surface area contributed by atoms with E-state index in [1.165, 1.54) is 17.5 Å². The molecule has 0 bridgehead atoms. The topological polar surface area (TPSA) is 106 Å². The summed E-state index contributed by atoms with van der Waals surface area (Å²) in [5.41, 5.74) is 2.85. The minimum atomic E-state index is -0.267. The third-order valence-corrected chi connectivity index (χ3v) is 3.30. The fourth-order valence-corrected chi connectivity index (χ4v) is 2.50. The molecule has 0 radical (unpaired) electrons. The molecule has 2 aromatic rings. The number of amides is 1. The Hall–Kier alpha value is -2.06. The molecule has 0 aliphatic carbocycles. The molecule has 4 N–H and O–H groups in total. The van der Waals surface area contributed by atoms with Crippen LogP contribution in [0.25, 0.3) is 0 Å². The molecule has 0 atom stereocenters. The maximum absolute atomic E-state index is 12.0. The van der Waals surface area contributed by atoms with Gasteiger partial charge in [-0.2, -0.15) is 0 Å². The third kappa shape index (κ3) is 3.72. The summed E-state index contributed by atoms with van der Waals surface area (Å²) in [6.45, 7) is 4.22. The maximum atomic E-state index is 12.0. The Bertz CT molecular complexity index is 597.